The number of nitrogens with zero attached hydrogens (tertiary/aromatic N) is 1. The van der Waals surface area contributed by atoms with Gasteiger partial charge in [-0.1, -0.05) is 6.42 Å². The molecule has 1 saturated heterocycles. The molecule has 0 bridgehead atoms. The molecule has 1 saturated carbocycles. The number of halogens is 2. The van der Waals surface area contributed by atoms with Gasteiger partial charge in [-0.15, -0.1) is 0 Å². The van der Waals surface area contributed by atoms with Gasteiger partial charge >= 0.3 is 0 Å². The molecule has 0 aromatic rings. The number of aliphatic hydroxyl groups is 1. The molecule has 2 atom stereocenters. The van der Waals surface area contributed by atoms with E-state index in [4.69, 9.17) is 0 Å². The molecule has 0 spiro atoms. The van der Waals surface area contributed by atoms with Crippen LogP contribution in [0.25, 0.3) is 0 Å². The molecule has 0 unspecified atom stereocenters. The van der Waals surface area contributed by atoms with Gasteiger partial charge in [0.05, 0.1) is 0 Å². The second-order valence-corrected chi connectivity index (χ2v) is 4.76. The number of piperidine rings is 1. The smallest absolute Gasteiger partial charge is 0.275 e. The molecule has 0 aromatic carbocycles. The lowest BCUT2D eigenvalue weighted by Gasteiger charge is -2.42. The molecule has 88 valence electrons. The van der Waals surface area contributed by atoms with Gasteiger partial charge in [0.2, 0.25) is 0 Å². The molecule has 2 rings (SSSR count). The Labute approximate surface area is 89.3 Å². The Bertz CT molecular complexity index is 217. The maximum Gasteiger partial charge on any atom is 0.275 e. The molecular weight excluding hydrogens is 200 g/mol. The Morgan fingerprint density at radius 2 is 1.73 bits per heavy atom. The van der Waals surface area contributed by atoms with Crippen LogP contribution in [0.2, 0.25) is 0 Å². The first kappa shape index (κ1) is 11.3. The Kier molecular flexibility index (Phi) is 3.26. The third kappa shape index (κ3) is 2.31. The summed E-state index contributed by atoms with van der Waals surface area (Å²) in [4.78, 5) is 2.06. The van der Waals surface area contributed by atoms with E-state index in [0.29, 0.717) is 6.42 Å². The first-order valence-electron chi connectivity index (χ1n) is 5.91. The second kappa shape index (κ2) is 4.34. The lowest BCUT2D eigenvalue weighted by atomic mass is 9.87. The number of hydrogen-bond acceptors (Lipinski definition) is 2. The summed E-state index contributed by atoms with van der Waals surface area (Å²) in [5, 5.41) is 9.66. The quantitative estimate of drug-likeness (QED) is 0.729. The van der Waals surface area contributed by atoms with Crippen molar-refractivity contribution in [2.45, 2.75) is 56.6 Å². The van der Waals surface area contributed by atoms with Crippen molar-refractivity contribution in [1.82, 2.24) is 4.90 Å². The van der Waals surface area contributed by atoms with Gasteiger partial charge in [0.25, 0.3) is 5.92 Å². The van der Waals surface area contributed by atoms with Crippen LogP contribution in [0.3, 0.4) is 0 Å². The third-order valence-corrected chi connectivity index (χ3v) is 3.67. The third-order valence-electron chi connectivity index (χ3n) is 3.67. The highest BCUT2D eigenvalue weighted by Crippen LogP contribution is 2.36. The van der Waals surface area contributed by atoms with Crippen LogP contribution < -0.4 is 0 Å². The predicted molar refractivity (Wildman–Crippen MR) is 54.0 cm³/mol. The minimum Gasteiger partial charge on any atom is -0.385 e. The molecule has 1 aliphatic heterocycles. The Morgan fingerprint density at radius 1 is 1.07 bits per heavy atom. The standard InChI is InChI=1S/C11H19F2NO/c12-11(13)6-4-5-9(10(11)15)14-7-2-1-3-8-14/h9-10,15H,1-8H2/t9-,10+/m0/s1. The van der Waals surface area contributed by atoms with Gasteiger partial charge < -0.3 is 5.11 Å². The van der Waals surface area contributed by atoms with E-state index in [1.807, 2.05) is 0 Å². The minimum atomic E-state index is -2.87. The Morgan fingerprint density at radius 3 is 2.40 bits per heavy atom. The predicted octanol–water partition coefficient (Wildman–Crippen LogP) is 2.02. The highest BCUT2D eigenvalue weighted by molar-refractivity contribution is 4.93. The van der Waals surface area contributed by atoms with Gasteiger partial charge in [0.1, 0.15) is 6.10 Å². The number of hydrogen-bond donors (Lipinski definition) is 1. The van der Waals surface area contributed by atoms with Crippen LogP contribution in [0.4, 0.5) is 8.78 Å². The minimum absolute atomic E-state index is 0.154. The molecular formula is C11H19F2NO. The number of aliphatic hydroxyl groups excluding tert-OH is 1. The van der Waals surface area contributed by atoms with Crippen LogP contribution in [0.15, 0.2) is 0 Å². The molecule has 2 aliphatic rings. The van der Waals surface area contributed by atoms with Crippen molar-refractivity contribution in [3.63, 3.8) is 0 Å². The average molecular weight is 219 g/mol. The summed E-state index contributed by atoms with van der Waals surface area (Å²) in [7, 11) is 0. The SMILES string of the molecule is O[C@@H]1[C@@H](N2CCCCC2)CCCC1(F)F. The summed E-state index contributed by atoms with van der Waals surface area (Å²) in [6.45, 7) is 1.75. The molecule has 0 radical (unpaired) electrons. The summed E-state index contributed by atoms with van der Waals surface area (Å²) in [5.74, 6) is -2.87. The topological polar surface area (TPSA) is 23.5 Å². The van der Waals surface area contributed by atoms with E-state index >= 15 is 0 Å². The van der Waals surface area contributed by atoms with Crippen molar-refractivity contribution < 1.29 is 13.9 Å². The zero-order chi connectivity index (χ0) is 10.9. The first-order chi connectivity index (χ1) is 7.11. The normalized spacial score (nSPS) is 37.8. The fourth-order valence-electron chi connectivity index (χ4n) is 2.77. The second-order valence-electron chi connectivity index (χ2n) is 4.76. The van der Waals surface area contributed by atoms with Gasteiger partial charge in [0.15, 0.2) is 0 Å². The van der Waals surface area contributed by atoms with Gasteiger partial charge in [0, 0.05) is 12.5 Å². The maximum absolute atomic E-state index is 13.3. The van der Waals surface area contributed by atoms with Crippen molar-refractivity contribution >= 4 is 0 Å². The summed E-state index contributed by atoms with van der Waals surface area (Å²) in [6, 6.07) is -0.311. The molecule has 0 aromatic heterocycles. The summed E-state index contributed by atoms with van der Waals surface area (Å²) in [5.41, 5.74) is 0. The molecule has 1 N–H and O–H groups in total. The summed E-state index contributed by atoms with van der Waals surface area (Å²) in [6.07, 6.45) is 2.99. The van der Waals surface area contributed by atoms with Crippen LogP contribution in [0.1, 0.15) is 38.5 Å². The van der Waals surface area contributed by atoms with Crippen molar-refractivity contribution in [2.75, 3.05) is 13.1 Å². The zero-order valence-corrected chi connectivity index (χ0v) is 8.96. The average Bonchev–Trinajstić information content (AvgIpc) is 2.23. The van der Waals surface area contributed by atoms with Crippen LogP contribution in [0, 0.1) is 0 Å². The van der Waals surface area contributed by atoms with Crippen LogP contribution in [0.5, 0.6) is 0 Å². The lowest BCUT2D eigenvalue weighted by molar-refractivity contribution is -0.163. The van der Waals surface area contributed by atoms with E-state index < -0.39 is 12.0 Å². The van der Waals surface area contributed by atoms with E-state index in [9.17, 15) is 13.9 Å². The lowest BCUT2D eigenvalue weighted by Crippen LogP contribution is -2.55. The molecule has 15 heavy (non-hydrogen) atoms. The van der Waals surface area contributed by atoms with E-state index in [-0.39, 0.29) is 12.5 Å². The van der Waals surface area contributed by atoms with Gasteiger partial charge in [-0.25, -0.2) is 8.78 Å². The maximum atomic E-state index is 13.3. The first-order valence-corrected chi connectivity index (χ1v) is 5.91. The fourth-order valence-corrected chi connectivity index (χ4v) is 2.77. The highest BCUT2D eigenvalue weighted by atomic mass is 19.3. The van der Waals surface area contributed by atoms with Crippen molar-refractivity contribution in [2.24, 2.45) is 0 Å². The van der Waals surface area contributed by atoms with Crippen LogP contribution >= 0.6 is 0 Å². The van der Waals surface area contributed by atoms with Crippen molar-refractivity contribution in [3.8, 4) is 0 Å². The number of alkyl halides is 2. The number of rotatable bonds is 1. The van der Waals surface area contributed by atoms with Crippen molar-refractivity contribution in [1.29, 1.82) is 0 Å². The van der Waals surface area contributed by atoms with E-state index in [1.165, 1.54) is 6.42 Å². The molecule has 2 fully saturated rings. The molecule has 4 heteroatoms. The summed E-state index contributed by atoms with van der Waals surface area (Å²) >= 11 is 0. The highest BCUT2D eigenvalue weighted by Gasteiger charge is 2.47. The van der Waals surface area contributed by atoms with Gasteiger partial charge in [-0.05, 0) is 38.8 Å². The van der Waals surface area contributed by atoms with Crippen LogP contribution in [-0.4, -0.2) is 41.2 Å². The number of likely N-dealkylation sites (tertiary alicyclic amines) is 1. The van der Waals surface area contributed by atoms with Gasteiger partial charge in [-0.2, -0.15) is 0 Å². The van der Waals surface area contributed by atoms with Crippen molar-refractivity contribution in [3.05, 3.63) is 0 Å². The van der Waals surface area contributed by atoms with E-state index in [1.54, 1.807) is 0 Å². The van der Waals surface area contributed by atoms with E-state index in [2.05, 4.69) is 4.90 Å². The molecule has 2 nitrogen and oxygen atoms in total. The molecule has 0 amide bonds. The van der Waals surface area contributed by atoms with Crippen LogP contribution in [-0.2, 0) is 0 Å². The monoisotopic (exact) mass is 219 g/mol. The Balaban J connectivity index is 2.00. The fraction of sp³-hybridized carbons (Fsp3) is 1.00. The largest absolute Gasteiger partial charge is 0.385 e. The van der Waals surface area contributed by atoms with Gasteiger partial charge in [-0.3, -0.25) is 4.90 Å². The zero-order valence-electron chi connectivity index (χ0n) is 8.96. The molecule has 1 aliphatic carbocycles. The van der Waals surface area contributed by atoms with E-state index in [0.717, 1.165) is 32.4 Å². The summed E-state index contributed by atoms with van der Waals surface area (Å²) < 4.78 is 26.7. The molecule has 1 heterocycles. The Hall–Kier alpha value is -0.220.